The van der Waals surface area contributed by atoms with Gasteiger partial charge in [0.25, 0.3) is 5.91 Å². The molecule has 0 saturated heterocycles. The lowest BCUT2D eigenvalue weighted by molar-refractivity contribution is -0.118. The highest BCUT2D eigenvalue weighted by molar-refractivity contribution is 6.29. The van der Waals surface area contributed by atoms with Crippen molar-refractivity contribution in [3.8, 4) is 5.75 Å². The Bertz CT molecular complexity index is 1140. The van der Waals surface area contributed by atoms with E-state index in [-0.39, 0.29) is 5.69 Å². The molecule has 0 saturated carbocycles. The molecule has 3 aromatic rings. The summed E-state index contributed by atoms with van der Waals surface area (Å²) in [5.41, 5.74) is 2.00. The second kappa shape index (κ2) is 8.92. The van der Waals surface area contributed by atoms with Gasteiger partial charge in [0.05, 0.1) is 18.7 Å². The summed E-state index contributed by atoms with van der Waals surface area (Å²) < 4.78 is 19.5. The van der Waals surface area contributed by atoms with E-state index in [2.05, 4.69) is 4.99 Å². The van der Waals surface area contributed by atoms with E-state index in [0.29, 0.717) is 24.1 Å². The number of carbonyl (C=O) groups is 2. The lowest BCUT2D eigenvalue weighted by atomic mass is 9.89. The number of ether oxygens (including phenoxy) is 1. The normalized spacial score (nSPS) is 15.9. The van der Waals surface area contributed by atoms with Crippen molar-refractivity contribution >= 4 is 23.7 Å². The van der Waals surface area contributed by atoms with Gasteiger partial charge in [-0.15, -0.1) is 0 Å². The van der Waals surface area contributed by atoms with Crippen LogP contribution in [0.5, 0.6) is 5.75 Å². The van der Waals surface area contributed by atoms with Crippen LogP contribution in [0.3, 0.4) is 0 Å². The van der Waals surface area contributed by atoms with Crippen molar-refractivity contribution in [2.75, 3.05) is 18.6 Å². The van der Waals surface area contributed by atoms with Crippen LogP contribution in [0.2, 0.25) is 0 Å². The first-order valence-corrected chi connectivity index (χ1v) is 9.95. The third-order valence-electron chi connectivity index (χ3n) is 5.25. The average Bonchev–Trinajstić information content (AvgIpc) is 2.80. The van der Waals surface area contributed by atoms with Gasteiger partial charge in [-0.25, -0.2) is 9.29 Å². The monoisotopic (exact) mass is 416 g/mol. The van der Waals surface area contributed by atoms with Gasteiger partial charge < -0.3 is 4.74 Å². The Kier molecular flexibility index (Phi) is 5.89. The van der Waals surface area contributed by atoms with Gasteiger partial charge in [-0.1, -0.05) is 42.5 Å². The molecule has 6 heteroatoms. The summed E-state index contributed by atoms with van der Waals surface area (Å²) in [5.74, 6) is -1.65. The number of imide groups is 1. The second-order valence-corrected chi connectivity index (χ2v) is 7.15. The van der Waals surface area contributed by atoms with Crippen LogP contribution >= 0.6 is 0 Å². The maximum Gasteiger partial charge on any atom is 0.265 e. The molecule has 2 amide bonds. The molecule has 1 unspecified atom stereocenters. The zero-order valence-electron chi connectivity index (χ0n) is 17.0. The lowest BCUT2D eigenvalue weighted by Gasteiger charge is -2.31. The molecular weight excluding hydrogens is 395 g/mol. The van der Waals surface area contributed by atoms with Crippen LogP contribution in [0.25, 0.3) is 0 Å². The van der Waals surface area contributed by atoms with Crippen molar-refractivity contribution in [3.05, 3.63) is 95.3 Å². The zero-order chi connectivity index (χ0) is 21.8. The standard InChI is InChI=1S/C25H21FN2O3/c1-31-18-12-10-17(11-13-18)14-15-27-16-21-19-6-2-3-7-20(19)24(29)28(25(21)30)23-9-5-4-8-22(23)26/h2-13,16,21H,14-15H2,1H3. The number of aliphatic imine (C=N–C) groups is 1. The van der Waals surface area contributed by atoms with E-state index < -0.39 is 23.5 Å². The van der Waals surface area contributed by atoms with Crippen molar-refractivity contribution < 1.29 is 18.7 Å². The number of amides is 2. The smallest absolute Gasteiger partial charge is 0.265 e. The molecule has 5 nitrogen and oxygen atoms in total. The zero-order valence-corrected chi connectivity index (χ0v) is 17.0. The minimum absolute atomic E-state index is 0.0522. The summed E-state index contributed by atoms with van der Waals surface area (Å²) in [6, 6.07) is 20.4. The van der Waals surface area contributed by atoms with Crippen molar-refractivity contribution in [1.82, 2.24) is 0 Å². The minimum atomic E-state index is -0.760. The van der Waals surface area contributed by atoms with Crippen LogP contribution in [-0.2, 0) is 11.2 Å². The molecule has 1 aliphatic heterocycles. The summed E-state index contributed by atoms with van der Waals surface area (Å²) in [7, 11) is 1.62. The highest BCUT2D eigenvalue weighted by Crippen LogP contribution is 2.33. The number of nitrogens with zero attached hydrogens (tertiary/aromatic N) is 2. The third-order valence-corrected chi connectivity index (χ3v) is 5.25. The molecule has 0 N–H and O–H groups in total. The molecule has 3 aromatic carbocycles. The number of hydrogen-bond donors (Lipinski definition) is 0. The molecule has 0 aliphatic carbocycles. The molecule has 156 valence electrons. The summed E-state index contributed by atoms with van der Waals surface area (Å²) in [5, 5.41) is 0. The van der Waals surface area contributed by atoms with Crippen LogP contribution in [0.15, 0.2) is 77.8 Å². The molecule has 0 fully saturated rings. The molecule has 0 bridgehead atoms. The van der Waals surface area contributed by atoms with Crippen LogP contribution in [0, 0.1) is 5.82 Å². The quantitative estimate of drug-likeness (QED) is 0.442. The fourth-order valence-electron chi connectivity index (χ4n) is 3.63. The predicted octanol–water partition coefficient (Wildman–Crippen LogP) is 4.42. The number of halogens is 1. The summed E-state index contributed by atoms with van der Waals surface area (Å²) in [4.78, 5) is 31.6. The van der Waals surface area contributed by atoms with Gasteiger partial charge in [0.2, 0.25) is 5.91 Å². The van der Waals surface area contributed by atoms with Gasteiger partial charge in [-0.3, -0.25) is 14.6 Å². The van der Waals surface area contributed by atoms with Crippen LogP contribution < -0.4 is 9.64 Å². The Morgan fingerprint density at radius 2 is 1.71 bits per heavy atom. The van der Waals surface area contributed by atoms with Crippen LogP contribution in [-0.4, -0.2) is 31.7 Å². The highest BCUT2D eigenvalue weighted by atomic mass is 19.1. The molecule has 31 heavy (non-hydrogen) atoms. The molecular formula is C25H21FN2O3. The number of carbonyl (C=O) groups excluding carboxylic acids is 2. The first-order chi connectivity index (χ1) is 15.1. The van der Waals surface area contributed by atoms with E-state index in [0.717, 1.165) is 16.2 Å². The van der Waals surface area contributed by atoms with Gasteiger partial charge in [0.1, 0.15) is 11.6 Å². The number of para-hydroxylation sites is 1. The number of hydrogen-bond acceptors (Lipinski definition) is 4. The molecule has 0 aromatic heterocycles. The number of fused-ring (bicyclic) bond motifs is 1. The maximum atomic E-state index is 14.4. The molecule has 0 radical (unpaired) electrons. The van der Waals surface area contributed by atoms with E-state index in [9.17, 15) is 14.0 Å². The fraction of sp³-hybridized carbons (Fsp3) is 0.160. The molecule has 4 rings (SSSR count). The molecule has 1 aliphatic rings. The first kappa shape index (κ1) is 20.5. The highest BCUT2D eigenvalue weighted by Gasteiger charge is 2.39. The lowest BCUT2D eigenvalue weighted by Crippen LogP contribution is -2.46. The average molecular weight is 416 g/mol. The van der Waals surface area contributed by atoms with Crippen molar-refractivity contribution in [3.63, 3.8) is 0 Å². The van der Waals surface area contributed by atoms with Gasteiger partial charge in [0, 0.05) is 18.3 Å². The van der Waals surface area contributed by atoms with Gasteiger partial charge in [-0.05, 0) is 47.9 Å². The van der Waals surface area contributed by atoms with Gasteiger partial charge in [0.15, 0.2) is 0 Å². The molecule has 0 spiro atoms. The maximum absolute atomic E-state index is 14.4. The van der Waals surface area contributed by atoms with E-state index in [1.807, 2.05) is 24.3 Å². The molecule has 1 heterocycles. The summed E-state index contributed by atoms with van der Waals surface area (Å²) in [6.45, 7) is 0.478. The van der Waals surface area contributed by atoms with Crippen molar-refractivity contribution in [2.24, 2.45) is 4.99 Å². The van der Waals surface area contributed by atoms with E-state index in [1.54, 1.807) is 43.7 Å². The number of benzene rings is 3. The predicted molar refractivity (Wildman–Crippen MR) is 117 cm³/mol. The van der Waals surface area contributed by atoms with E-state index in [4.69, 9.17) is 4.74 Å². The number of rotatable bonds is 6. The Morgan fingerprint density at radius 3 is 2.45 bits per heavy atom. The van der Waals surface area contributed by atoms with Crippen LogP contribution in [0.4, 0.5) is 10.1 Å². The Hall–Kier alpha value is -3.80. The van der Waals surface area contributed by atoms with Gasteiger partial charge >= 0.3 is 0 Å². The minimum Gasteiger partial charge on any atom is -0.497 e. The number of anilines is 1. The number of methoxy groups -OCH3 is 1. The van der Waals surface area contributed by atoms with Crippen LogP contribution in [0.1, 0.15) is 27.4 Å². The van der Waals surface area contributed by atoms with Gasteiger partial charge in [-0.2, -0.15) is 0 Å². The van der Waals surface area contributed by atoms with E-state index >= 15 is 0 Å². The summed E-state index contributed by atoms with van der Waals surface area (Å²) in [6.07, 6.45) is 2.25. The molecule has 1 atom stereocenters. The van der Waals surface area contributed by atoms with Crippen molar-refractivity contribution in [1.29, 1.82) is 0 Å². The fourth-order valence-corrected chi connectivity index (χ4v) is 3.63. The second-order valence-electron chi connectivity index (χ2n) is 7.15. The summed E-state index contributed by atoms with van der Waals surface area (Å²) >= 11 is 0. The Morgan fingerprint density at radius 1 is 1.00 bits per heavy atom. The first-order valence-electron chi connectivity index (χ1n) is 9.95. The Balaban J connectivity index is 1.59. The SMILES string of the molecule is COc1ccc(CCN=CC2C(=O)N(c3ccccc3F)C(=O)c3ccccc32)cc1. The largest absolute Gasteiger partial charge is 0.497 e. The Labute approximate surface area is 179 Å². The topological polar surface area (TPSA) is 59.0 Å². The van der Waals surface area contributed by atoms with Crippen molar-refractivity contribution in [2.45, 2.75) is 12.3 Å². The third kappa shape index (κ3) is 4.10. The van der Waals surface area contributed by atoms with E-state index in [1.165, 1.54) is 18.2 Å².